The molecule has 1 aromatic heterocycles. The molecule has 0 aliphatic heterocycles. The van der Waals surface area contributed by atoms with E-state index >= 15 is 0 Å². The third kappa shape index (κ3) is 0.982. The molecule has 0 spiro atoms. The summed E-state index contributed by atoms with van der Waals surface area (Å²) >= 11 is 0. The van der Waals surface area contributed by atoms with Crippen molar-refractivity contribution in [1.82, 2.24) is 15.4 Å². The van der Waals surface area contributed by atoms with E-state index in [9.17, 15) is 0 Å². The van der Waals surface area contributed by atoms with Gasteiger partial charge in [-0.3, -0.25) is 0 Å². The molecule has 1 rings (SSSR count). The van der Waals surface area contributed by atoms with Crippen molar-refractivity contribution < 1.29 is 0 Å². The first-order valence-corrected chi connectivity index (χ1v) is 3.06. The maximum absolute atomic E-state index is 8.48. The van der Waals surface area contributed by atoms with Crippen molar-refractivity contribution in [2.45, 2.75) is 19.8 Å². The van der Waals surface area contributed by atoms with E-state index in [1.807, 2.05) is 19.9 Å². The second-order valence-electron chi connectivity index (χ2n) is 2.32. The molecule has 52 valence electrons. The van der Waals surface area contributed by atoms with Gasteiger partial charge in [-0.25, -0.2) is 0 Å². The first kappa shape index (κ1) is 6.75. The lowest BCUT2D eigenvalue weighted by Gasteiger charge is -1.95. The lowest BCUT2D eigenvalue weighted by molar-refractivity contribution is 0.803. The Kier molecular flexibility index (Phi) is 1.67. The van der Waals surface area contributed by atoms with Crippen LogP contribution in [0.1, 0.15) is 31.2 Å². The molecule has 10 heavy (non-hydrogen) atoms. The van der Waals surface area contributed by atoms with Crippen LogP contribution in [0.5, 0.6) is 0 Å². The van der Waals surface area contributed by atoms with Crippen molar-refractivity contribution in [3.8, 4) is 6.07 Å². The Bertz CT molecular complexity index is 255. The van der Waals surface area contributed by atoms with Crippen LogP contribution < -0.4 is 0 Å². The molecule has 0 aromatic carbocycles. The average molecular weight is 136 g/mol. The molecular formula is C6H8N4. The van der Waals surface area contributed by atoms with Gasteiger partial charge in [0.2, 0.25) is 0 Å². The summed E-state index contributed by atoms with van der Waals surface area (Å²) in [7, 11) is 0. The second-order valence-corrected chi connectivity index (χ2v) is 2.32. The minimum Gasteiger partial charge on any atom is -0.196 e. The average Bonchev–Trinajstić information content (AvgIpc) is 2.33. The van der Waals surface area contributed by atoms with E-state index in [0.29, 0.717) is 5.69 Å². The predicted molar refractivity (Wildman–Crippen MR) is 35.2 cm³/mol. The standard InChI is InChI=1S/C6H8N4/c1-4(2)6-5(3-7)8-10-9-6/h4H,1-2H3,(H,8,9,10). The monoisotopic (exact) mass is 136 g/mol. The number of hydrogen-bond acceptors (Lipinski definition) is 3. The Labute approximate surface area is 58.9 Å². The summed E-state index contributed by atoms with van der Waals surface area (Å²) in [6, 6.07) is 1.95. The molecule has 1 N–H and O–H groups in total. The fourth-order valence-corrected chi connectivity index (χ4v) is 0.724. The van der Waals surface area contributed by atoms with Gasteiger partial charge in [0.15, 0.2) is 5.69 Å². The molecule has 0 aliphatic rings. The van der Waals surface area contributed by atoms with E-state index in [0.717, 1.165) is 5.69 Å². The number of H-pyrrole nitrogens is 1. The SMILES string of the molecule is CC(C)c1n[nH]nc1C#N. The third-order valence-electron chi connectivity index (χ3n) is 1.23. The van der Waals surface area contributed by atoms with Crippen LogP contribution in [0.4, 0.5) is 0 Å². The quantitative estimate of drug-likeness (QED) is 0.621. The maximum Gasteiger partial charge on any atom is 0.185 e. The van der Waals surface area contributed by atoms with Crippen LogP contribution in [-0.4, -0.2) is 15.4 Å². The fraction of sp³-hybridized carbons (Fsp3) is 0.500. The minimum atomic E-state index is 0.258. The van der Waals surface area contributed by atoms with Crippen molar-refractivity contribution in [2.24, 2.45) is 0 Å². The van der Waals surface area contributed by atoms with Crippen LogP contribution in [0, 0.1) is 11.3 Å². The van der Waals surface area contributed by atoms with Crippen molar-refractivity contribution in [1.29, 1.82) is 5.26 Å². The predicted octanol–water partition coefficient (Wildman–Crippen LogP) is 0.800. The summed E-state index contributed by atoms with van der Waals surface area (Å²) in [6.07, 6.45) is 0. The number of nitrogens with zero attached hydrogens (tertiary/aromatic N) is 3. The van der Waals surface area contributed by atoms with E-state index in [-0.39, 0.29) is 5.92 Å². The van der Waals surface area contributed by atoms with Gasteiger partial charge in [0.1, 0.15) is 11.8 Å². The van der Waals surface area contributed by atoms with Gasteiger partial charge in [0.05, 0.1) is 0 Å². The van der Waals surface area contributed by atoms with Crippen molar-refractivity contribution >= 4 is 0 Å². The van der Waals surface area contributed by atoms with Crippen molar-refractivity contribution in [3.05, 3.63) is 11.4 Å². The fourth-order valence-electron chi connectivity index (χ4n) is 0.724. The molecule has 0 fully saturated rings. The molecule has 0 saturated heterocycles. The second kappa shape index (κ2) is 2.48. The molecule has 4 nitrogen and oxygen atoms in total. The zero-order valence-electron chi connectivity index (χ0n) is 5.92. The van der Waals surface area contributed by atoms with Crippen LogP contribution in [-0.2, 0) is 0 Å². The van der Waals surface area contributed by atoms with Crippen molar-refractivity contribution in [3.63, 3.8) is 0 Å². The van der Waals surface area contributed by atoms with E-state index in [2.05, 4.69) is 15.4 Å². The summed E-state index contributed by atoms with van der Waals surface area (Å²) in [4.78, 5) is 0. The van der Waals surface area contributed by atoms with Crippen LogP contribution >= 0.6 is 0 Å². The summed E-state index contributed by atoms with van der Waals surface area (Å²) in [5.41, 5.74) is 1.14. The highest BCUT2D eigenvalue weighted by Gasteiger charge is 2.09. The number of rotatable bonds is 1. The highest BCUT2D eigenvalue weighted by molar-refractivity contribution is 5.25. The molecule has 1 aromatic rings. The smallest absolute Gasteiger partial charge is 0.185 e. The molecule has 0 aliphatic carbocycles. The molecule has 0 amide bonds. The van der Waals surface area contributed by atoms with Gasteiger partial charge in [0.25, 0.3) is 0 Å². The number of nitriles is 1. The molecule has 0 saturated carbocycles. The summed E-state index contributed by atoms with van der Waals surface area (Å²) in [6.45, 7) is 3.94. The molecule has 0 bridgehead atoms. The normalized spacial score (nSPS) is 9.80. The summed E-state index contributed by atoms with van der Waals surface area (Å²) < 4.78 is 0. The molecule has 0 atom stereocenters. The van der Waals surface area contributed by atoms with Crippen LogP contribution in [0.3, 0.4) is 0 Å². The number of aromatic nitrogens is 3. The first-order valence-electron chi connectivity index (χ1n) is 3.06. The molecule has 4 heteroatoms. The van der Waals surface area contributed by atoms with Gasteiger partial charge >= 0.3 is 0 Å². The number of hydrogen-bond donors (Lipinski definition) is 1. The summed E-state index contributed by atoms with van der Waals surface area (Å²) in [5, 5.41) is 18.4. The van der Waals surface area contributed by atoms with E-state index in [1.165, 1.54) is 0 Å². The van der Waals surface area contributed by atoms with Gasteiger partial charge in [-0.15, -0.1) is 5.10 Å². The topological polar surface area (TPSA) is 65.4 Å². The minimum absolute atomic E-state index is 0.258. The number of aromatic amines is 1. The molecule has 0 radical (unpaired) electrons. The van der Waals surface area contributed by atoms with Gasteiger partial charge in [-0.2, -0.15) is 15.6 Å². The number of nitrogens with one attached hydrogen (secondary N) is 1. The van der Waals surface area contributed by atoms with Gasteiger partial charge in [0, 0.05) is 5.92 Å². The Morgan fingerprint density at radius 1 is 1.50 bits per heavy atom. The van der Waals surface area contributed by atoms with Gasteiger partial charge in [-0.1, -0.05) is 13.8 Å². The van der Waals surface area contributed by atoms with E-state index in [1.54, 1.807) is 0 Å². The third-order valence-corrected chi connectivity index (χ3v) is 1.23. The Morgan fingerprint density at radius 2 is 2.20 bits per heavy atom. The Hall–Kier alpha value is -1.37. The Balaban J connectivity index is 3.05. The lowest BCUT2D eigenvalue weighted by Crippen LogP contribution is -1.90. The van der Waals surface area contributed by atoms with Crippen LogP contribution in [0.25, 0.3) is 0 Å². The maximum atomic E-state index is 8.48. The molecular weight excluding hydrogens is 128 g/mol. The zero-order valence-corrected chi connectivity index (χ0v) is 5.92. The molecule has 0 unspecified atom stereocenters. The van der Waals surface area contributed by atoms with Crippen molar-refractivity contribution in [2.75, 3.05) is 0 Å². The molecule has 1 heterocycles. The summed E-state index contributed by atoms with van der Waals surface area (Å²) in [5.74, 6) is 0.258. The van der Waals surface area contributed by atoms with Crippen LogP contribution in [0.2, 0.25) is 0 Å². The lowest BCUT2D eigenvalue weighted by atomic mass is 10.1. The van der Waals surface area contributed by atoms with E-state index < -0.39 is 0 Å². The van der Waals surface area contributed by atoms with Gasteiger partial charge in [-0.05, 0) is 0 Å². The zero-order chi connectivity index (χ0) is 7.56. The first-order chi connectivity index (χ1) is 4.75. The van der Waals surface area contributed by atoms with Crippen LogP contribution in [0.15, 0.2) is 0 Å². The highest BCUT2D eigenvalue weighted by Crippen LogP contribution is 2.12. The highest BCUT2D eigenvalue weighted by atomic mass is 15.3. The largest absolute Gasteiger partial charge is 0.196 e. The van der Waals surface area contributed by atoms with E-state index in [4.69, 9.17) is 5.26 Å². The Morgan fingerprint density at radius 3 is 2.60 bits per heavy atom. The van der Waals surface area contributed by atoms with Gasteiger partial charge < -0.3 is 0 Å².